The van der Waals surface area contributed by atoms with Crippen LogP contribution in [-0.4, -0.2) is 34.1 Å². The van der Waals surface area contributed by atoms with Crippen LogP contribution in [0.3, 0.4) is 0 Å². The van der Waals surface area contributed by atoms with E-state index >= 15 is 0 Å². The van der Waals surface area contributed by atoms with E-state index in [0.29, 0.717) is 18.5 Å². The Morgan fingerprint density at radius 2 is 1.83 bits per heavy atom. The van der Waals surface area contributed by atoms with Gasteiger partial charge in [0.25, 0.3) is 0 Å². The summed E-state index contributed by atoms with van der Waals surface area (Å²) >= 11 is 3.68. The highest BCUT2D eigenvalue weighted by atomic mass is 79.9. The van der Waals surface area contributed by atoms with Crippen LogP contribution >= 0.6 is 15.9 Å². The molecule has 0 unspecified atom stereocenters. The third kappa shape index (κ3) is 5.31. The number of anilines is 2. The second-order valence-electron chi connectivity index (χ2n) is 7.13. The van der Waals surface area contributed by atoms with Crippen molar-refractivity contribution in [2.45, 2.75) is 32.0 Å². The lowest BCUT2D eigenvalue weighted by atomic mass is 10.0. The molecular weight excluding hydrogens is 428 g/mol. The Labute approximate surface area is 179 Å². The Hall–Kier alpha value is -2.51. The minimum Gasteiger partial charge on any atom is -0.349 e. The van der Waals surface area contributed by atoms with Gasteiger partial charge in [-0.25, -0.2) is 4.98 Å². The van der Waals surface area contributed by atoms with Gasteiger partial charge in [0, 0.05) is 25.0 Å². The van der Waals surface area contributed by atoms with Crippen LogP contribution in [0.25, 0.3) is 0 Å². The lowest BCUT2D eigenvalue weighted by Gasteiger charge is -2.36. The monoisotopic (exact) mass is 452 g/mol. The molecule has 0 bridgehead atoms. The third-order valence-electron chi connectivity index (χ3n) is 5.10. The smallest absolute Gasteiger partial charge is 0.225 e. The summed E-state index contributed by atoms with van der Waals surface area (Å²) in [5, 5.41) is 6.76. The zero-order valence-corrected chi connectivity index (χ0v) is 17.8. The normalized spacial score (nSPS) is 14.5. The van der Waals surface area contributed by atoms with Gasteiger partial charge in [-0.2, -0.15) is 4.98 Å². The van der Waals surface area contributed by atoms with E-state index in [0.717, 1.165) is 48.5 Å². The molecule has 0 saturated carbocycles. The molecule has 4 rings (SSSR count). The molecule has 3 heterocycles. The van der Waals surface area contributed by atoms with Gasteiger partial charge in [-0.3, -0.25) is 4.98 Å². The van der Waals surface area contributed by atoms with Crippen LogP contribution in [0.5, 0.6) is 0 Å². The van der Waals surface area contributed by atoms with E-state index < -0.39 is 0 Å². The number of nitrogens with zero attached hydrogens (tertiary/aromatic N) is 4. The first-order chi connectivity index (χ1) is 14.3. The van der Waals surface area contributed by atoms with Crippen molar-refractivity contribution in [3.63, 3.8) is 0 Å². The number of piperidine rings is 1. The van der Waals surface area contributed by atoms with Gasteiger partial charge in [0.1, 0.15) is 5.82 Å². The molecule has 1 aliphatic heterocycles. The molecule has 1 saturated heterocycles. The molecule has 29 heavy (non-hydrogen) atoms. The zero-order valence-electron chi connectivity index (χ0n) is 16.3. The van der Waals surface area contributed by atoms with E-state index in [1.54, 1.807) is 6.20 Å². The van der Waals surface area contributed by atoms with Gasteiger partial charge in [-0.05, 0) is 59.6 Å². The fourth-order valence-electron chi connectivity index (χ4n) is 3.59. The van der Waals surface area contributed by atoms with Crippen molar-refractivity contribution in [2.75, 3.05) is 23.3 Å². The van der Waals surface area contributed by atoms with Crippen LogP contribution < -0.4 is 15.5 Å². The summed E-state index contributed by atoms with van der Waals surface area (Å²) in [6.07, 6.45) is 5.83. The molecule has 3 aromatic rings. The molecule has 150 valence electrons. The number of hydrogen-bond donors (Lipinski definition) is 2. The zero-order chi connectivity index (χ0) is 19.9. The third-order valence-corrected chi connectivity index (χ3v) is 5.66. The van der Waals surface area contributed by atoms with E-state index in [1.807, 2.05) is 24.4 Å². The fraction of sp³-hybridized carbons (Fsp3) is 0.318. The van der Waals surface area contributed by atoms with Gasteiger partial charge in [0.05, 0.1) is 16.7 Å². The van der Waals surface area contributed by atoms with E-state index in [-0.39, 0.29) is 0 Å². The van der Waals surface area contributed by atoms with Gasteiger partial charge in [-0.1, -0.05) is 36.4 Å². The Morgan fingerprint density at radius 1 is 1.03 bits per heavy atom. The quantitative estimate of drug-likeness (QED) is 0.564. The standard InChI is InChI=1S/C22H25BrN6/c23-20-15-27-22(26-14-18-8-4-5-11-25-18)28-21(20)29(19-9-12-24-13-10-19)16-17-6-2-1-3-7-17/h1-8,11,15,19,24H,9-10,12-14,16H2,(H,26,27,28). The molecule has 1 fully saturated rings. The summed E-state index contributed by atoms with van der Waals surface area (Å²) in [5.41, 5.74) is 2.24. The van der Waals surface area contributed by atoms with Crippen molar-refractivity contribution >= 4 is 27.7 Å². The molecule has 6 nitrogen and oxygen atoms in total. The predicted octanol–water partition coefficient (Wildman–Crippen LogP) is 4.00. The maximum Gasteiger partial charge on any atom is 0.225 e. The van der Waals surface area contributed by atoms with Crippen LogP contribution in [0.1, 0.15) is 24.1 Å². The number of rotatable bonds is 7. The average molecular weight is 453 g/mol. The first-order valence-electron chi connectivity index (χ1n) is 9.97. The summed E-state index contributed by atoms with van der Waals surface area (Å²) in [6, 6.07) is 16.9. The first kappa shape index (κ1) is 19.8. The molecule has 1 aromatic carbocycles. The summed E-state index contributed by atoms with van der Waals surface area (Å²) < 4.78 is 0.912. The molecule has 7 heteroatoms. The van der Waals surface area contributed by atoms with Crippen LogP contribution in [0.4, 0.5) is 11.8 Å². The highest BCUT2D eigenvalue weighted by Gasteiger charge is 2.24. The maximum atomic E-state index is 4.87. The second-order valence-corrected chi connectivity index (χ2v) is 7.99. The molecule has 2 N–H and O–H groups in total. The van der Waals surface area contributed by atoms with Crippen molar-refractivity contribution < 1.29 is 0 Å². The highest BCUT2D eigenvalue weighted by molar-refractivity contribution is 9.10. The lowest BCUT2D eigenvalue weighted by molar-refractivity contribution is 0.425. The fourth-order valence-corrected chi connectivity index (χ4v) is 4.01. The highest BCUT2D eigenvalue weighted by Crippen LogP contribution is 2.30. The molecule has 0 amide bonds. The van der Waals surface area contributed by atoms with Crippen LogP contribution in [-0.2, 0) is 13.1 Å². The second kappa shape index (κ2) is 9.80. The molecule has 1 aliphatic rings. The molecular formula is C22H25BrN6. The van der Waals surface area contributed by atoms with Gasteiger partial charge in [0.15, 0.2) is 0 Å². The minimum atomic E-state index is 0.436. The molecule has 0 aliphatic carbocycles. The van der Waals surface area contributed by atoms with E-state index in [4.69, 9.17) is 4.98 Å². The number of nitrogens with one attached hydrogen (secondary N) is 2. The Kier molecular flexibility index (Phi) is 6.69. The van der Waals surface area contributed by atoms with E-state index in [1.165, 1.54) is 5.56 Å². The summed E-state index contributed by atoms with van der Waals surface area (Å²) in [5.74, 6) is 1.54. The van der Waals surface area contributed by atoms with Crippen molar-refractivity contribution in [1.29, 1.82) is 0 Å². The SMILES string of the molecule is Brc1cnc(NCc2ccccn2)nc1N(Cc1ccccc1)C1CCNCC1. The van der Waals surface area contributed by atoms with Gasteiger partial charge in [0.2, 0.25) is 5.95 Å². The predicted molar refractivity (Wildman–Crippen MR) is 120 cm³/mol. The summed E-state index contributed by atoms with van der Waals surface area (Å²) in [7, 11) is 0. The summed E-state index contributed by atoms with van der Waals surface area (Å²) in [4.78, 5) is 16.1. The van der Waals surface area contributed by atoms with Crippen LogP contribution in [0.2, 0.25) is 0 Å². The number of halogens is 1. The largest absolute Gasteiger partial charge is 0.349 e. The van der Waals surface area contributed by atoms with Crippen molar-refractivity contribution in [2.24, 2.45) is 0 Å². The van der Waals surface area contributed by atoms with Gasteiger partial charge < -0.3 is 15.5 Å². The van der Waals surface area contributed by atoms with Gasteiger partial charge >= 0.3 is 0 Å². The van der Waals surface area contributed by atoms with Crippen molar-refractivity contribution in [1.82, 2.24) is 20.3 Å². The number of aromatic nitrogens is 3. The van der Waals surface area contributed by atoms with Crippen LogP contribution in [0.15, 0.2) is 65.4 Å². The van der Waals surface area contributed by atoms with Crippen molar-refractivity contribution in [3.8, 4) is 0 Å². The Balaban J connectivity index is 1.58. The number of pyridine rings is 1. The summed E-state index contributed by atoms with van der Waals surface area (Å²) in [6.45, 7) is 3.47. The van der Waals surface area contributed by atoms with Gasteiger partial charge in [-0.15, -0.1) is 0 Å². The Bertz CT molecular complexity index is 900. The molecule has 0 radical (unpaired) electrons. The van der Waals surface area contributed by atoms with E-state index in [2.05, 4.69) is 71.8 Å². The first-order valence-corrected chi connectivity index (χ1v) is 10.8. The van der Waals surface area contributed by atoms with Crippen LogP contribution in [0, 0.1) is 0 Å². The van der Waals surface area contributed by atoms with E-state index in [9.17, 15) is 0 Å². The van der Waals surface area contributed by atoms with Crippen molar-refractivity contribution in [3.05, 3.63) is 76.7 Å². The lowest BCUT2D eigenvalue weighted by Crippen LogP contribution is -2.43. The topological polar surface area (TPSA) is 66.0 Å². The molecule has 0 spiro atoms. The average Bonchev–Trinajstić information content (AvgIpc) is 2.79. The minimum absolute atomic E-state index is 0.436. The molecule has 0 atom stereocenters. The maximum absolute atomic E-state index is 4.87. The Morgan fingerprint density at radius 3 is 2.59 bits per heavy atom. The molecule has 2 aromatic heterocycles. The number of hydrogen-bond acceptors (Lipinski definition) is 6. The number of benzene rings is 1.